The lowest BCUT2D eigenvalue weighted by Gasteiger charge is -2.06. The van der Waals surface area contributed by atoms with E-state index in [1.807, 2.05) is 4.68 Å². The van der Waals surface area contributed by atoms with Crippen molar-refractivity contribution in [2.24, 2.45) is 0 Å². The van der Waals surface area contributed by atoms with Crippen LogP contribution in [-0.4, -0.2) is 15.0 Å². The van der Waals surface area contributed by atoms with Crippen LogP contribution in [0, 0.1) is 0 Å². The van der Waals surface area contributed by atoms with Crippen LogP contribution in [0.4, 0.5) is 5.82 Å². The van der Waals surface area contributed by atoms with Gasteiger partial charge in [-0.3, -0.25) is 0 Å². The van der Waals surface area contributed by atoms with E-state index in [4.69, 9.17) is 5.73 Å². The Bertz CT molecular complexity index is 537. The third-order valence-corrected chi connectivity index (χ3v) is 3.53. The number of nitrogens with two attached hydrogens (primary N) is 1. The average Bonchev–Trinajstić information content (AvgIpc) is 3.16. The maximum absolute atomic E-state index is 5.89. The minimum Gasteiger partial charge on any atom is -0.381 e. The van der Waals surface area contributed by atoms with E-state index >= 15 is 0 Å². The highest BCUT2D eigenvalue weighted by atomic mass is 15.4. The van der Waals surface area contributed by atoms with Crippen molar-refractivity contribution in [3.63, 3.8) is 0 Å². The van der Waals surface area contributed by atoms with Crippen molar-refractivity contribution in [3.05, 3.63) is 41.1 Å². The molecule has 1 aliphatic rings. The van der Waals surface area contributed by atoms with Crippen molar-refractivity contribution < 1.29 is 0 Å². The number of hydrogen-bond acceptors (Lipinski definition) is 3. The van der Waals surface area contributed by atoms with Gasteiger partial charge in [-0.05, 0) is 30.4 Å². The van der Waals surface area contributed by atoms with Crippen molar-refractivity contribution in [3.8, 4) is 0 Å². The van der Waals surface area contributed by atoms with Gasteiger partial charge in [-0.25, -0.2) is 4.68 Å². The molecule has 0 radical (unpaired) electrons. The van der Waals surface area contributed by atoms with Gasteiger partial charge in [0.15, 0.2) is 5.82 Å². The van der Waals surface area contributed by atoms with Gasteiger partial charge in [-0.1, -0.05) is 36.4 Å². The number of hydrogen-bond donors (Lipinski definition) is 1. The number of rotatable bonds is 4. The summed E-state index contributed by atoms with van der Waals surface area (Å²) in [5.74, 6) is 1.18. The number of aromatic nitrogens is 3. The van der Waals surface area contributed by atoms with Crippen molar-refractivity contribution in [1.29, 1.82) is 0 Å². The number of anilines is 1. The van der Waals surface area contributed by atoms with Gasteiger partial charge in [0.25, 0.3) is 0 Å². The molecule has 0 aliphatic heterocycles. The molecule has 0 atom stereocenters. The molecule has 4 heteroatoms. The fourth-order valence-corrected chi connectivity index (χ4v) is 2.28. The van der Waals surface area contributed by atoms with Gasteiger partial charge >= 0.3 is 0 Å². The summed E-state index contributed by atoms with van der Waals surface area (Å²) in [5, 5.41) is 8.15. The summed E-state index contributed by atoms with van der Waals surface area (Å²) in [6, 6.07) is 8.67. The second-order valence-electron chi connectivity index (χ2n) is 4.96. The standard InChI is InChI=1S/C14H18N4/c1-2-10-3-5-11(6-4-10)9-18-13(12-7-8-12)14(15)16-17-18/h3-6,12H,2,7-9,15H2,1H3. The molecule has 1 aromatic heterocycles. The van der Waals surface area contributed by atoms with E-state index in [2.05, 4.69) is 41.5 Å². The smallest absolute Gasteiger partial charge is 0.169 e. The van der Waals surface area contributed by atoms with E-state index in [1.165, 1.54) is 24.0 Å². The average molecular weight is 242 g/mol. The van der Waals surface area contributed by atoms with Gasteiger partial charge < -0.3 is 5.73 Å². The summed E-state index contributed by atoms with van der Waals surface area (Å²) in [5.41, 5.74) is 9.62. The lowest BCUT2D eigenvalue weighted by Crippen LogP contribution is -2.06. The Morgan fingerprint density at radius 2 is 1.89 bits per heavy atom. The highest BCUT2D eigenvalue weighted by Crippen LogP contribution is 2.42. The highest BCUT2D eigenvalue weighted by Gasteiger charge is 2.30. The first-order valence-corrected chi connectivity index (χ1v) is 6.54. The largest absolute Gasteiger partial charge is 0.381 e. The van der Waals surface area contributed by atoms with E-state index < -0.39 is 0 Å². The Morgan fingerprint density at radius 1 is 1.22 bits per heavy atom. The van der Waals surface area contributed by atoms with Crippen LogP contribution >= 0.6 is 0 Å². The third-order valence-electron chi connectivity index (χ3n) is 3.53. The lowest BCUT2D eigenvalue weighted by molar-refractivity contribution is 0.619. The second kappa shape index (κ2) is 4.44. The fraction of sp³-hybridized carbons (Fsp3) is 0.429. The third kappa shape index (κ3) is 2.10. The Kier molecular flexibility index (Phi) is 2.78. The normalized spacial score (nSPS) is 14.9. The highest BCUT2D eigenvalue weighted by molar-refractivity contribution is 5.38. The van der Waals surface area contributed by atoms with Crippen LogP contribution in [0.15, 0.2) is 24.3 Å². The van der Waals surface area contributed by atoms with Gasteiger partial charge in [-0.2, -0.15) is 0 Å². The van der Waals surface area contributed by atoms with Crippen LogP contribution in [0.5, 0.6) is 0 Å². The first-order chi connectivity index (χ1) is 8.78. The van der Waals surface area contributed by atoms with E-state index in [-0.39, 0.29) is 0 Å². The van der Waals surface area contributed by atoms with Crippen molar-refractivity contribution in [2.45, 2.75) is 38.6 Å². The van der Waals surface area contributed by atoms with Crippen LogP contribution < -0.4 is 5.73 Å². The van der Waals surface area contributed by atoms with Gasteiger partial charge in [0.1, 0.15) is 0 Å². The molecule has 1 aliphatic carbocycles. The topological polar surface area (TPSA) is 56.7 Å². The zero-order chi connectivity index (χ0) is 12.5. The minimum atomic E-state index is 0.579. The van der Waals surface area contributed by atoms with E-state index in [1.54, 1.807) is 0 Å². The van der Waals surface area contributed by atoms with E-state index in [0.29, 0.717) is 11.7 Å². The van der Waals surface area contributed by atoms with Gasteiger partial charge in [0.2, 0.25) is 0 Å². The summed E-state index contributed by atoms with van der Waals surface area (Å²) in [4.78, 5) is 0. The maximum Gasteiger partial charge on any atom is 0.169 e. The first-order valence-electron chi connectivity index (χ1n) is 6.54. The quantitative estimate of drug-likeness (QED) is 0.895. The minimum absolute atomic E-state index is 0.579. The van der Waals surface area contributed by atoms with Crippen LogP contribution in [0.2, 0.25) is 0 Å². The number of benzene rings is 1. The number of nitrogen functional groups attached to an aromatic ring is 1. The van der Waals surface area contributed by atoms with Crippen LogP contribution in [0.3, 0.4) is 0 Å². The Labute approximate surface area is 107 Å². The lowest BCUT2D eigenvalue weighted by atomic mass is 10.1. The summed E-state index contributed by atoms with van der Waals surface area (Å²) in [6.07, 6.45) is 3.50. The molecule has 0 bridgehead atoms. The second-order valence-corrected chi connectivity index (χ2v) is 4.96. The zero-order valence-corrected chi connectivity index (χ0v) is 10.6. The van der Waals surface area contributed by atoms with Crippen molar-refractivity contribution in [2.75, 3.05) is 5.73 Å². The molecule has 18 heavy (non-hydrogen) atoms. The van der Waals surface area contributed by atoms with E-state index in [0.717, 1.165) is 18.7 Å². The molecule has 3 rings (SSSR count). The molecule has 0 spiro atoms. The molecular formula is C14H18N4. The summed E-state index contributed by atoms with van der Waals surface area (Å²) < 4.78 is 1.95. The fourth-order valence-electron chi connectivity index (χ4n) is 2.28. The molecule has 4 nitrogen and oxygen atoms in total. The maximum atomic E-state index is 5.89. The molecule has 2 aromatic rings. The molecule has 0 amide bonds. The zero-order valence-electron chi connectivity index (χ0n) is 10.6. The molecule has 1 fully saturated rings. The molecule has 1 saturated carbocycles. The summed E-state index contributed by atoms with van der Waals surface area (Å²) in [6.45, 7) is 2.93. The van der Waals surface area contributed by atoms with Crippen LogP contribution in [0.25, 0.3) is 0 Å². The predicted octanol–water partition coefficient (Wildman–Crippen LogP) is 2.35. The summed E-state index contributed by atoms with van der Waals surface area (Å²) in [7, 11) is 0. The number of nitrogens with zero attached hydrogens (tertiary/aromatic N) is 3. The Hall–Kier alpha value is -1.84. The van der Waals surface area contributed by atoms with Gasteiger partial charge in [0, 0.05) is 5.92 Å². The molecule has 94 valence electrons. The predicted molar refractivity (Wildman–Crippen MR) is 71.3 cm³/mol. The van der Waals surface area contributed by atoms with Crippen LogP contribution in [0.1, 0.15) is 42.5 Å². The van der Waals surface area contributed by atoms with E-state index in [9.17, 15) is 0 Å². The molecule has 0 unspecified atom stereocenters. The van der Waals surface area contributed by atoms with Crippen molar-refractivity contribution >= 4 is 5.82 Å². The SMILES string of the molecule is CCc1ccc(Cn2nnc(N)c2C2CC2)cc1. The van der Waals surface area contributed by atoms with Crippen molar-refractivity contribution in [1.82, 2.24) is 15.0 Å². The molecule has 1 heterocycles. The molecular weight excluding hydrogens is 224 g/mol. The molecule has 2 N–H and O–H groups in total. The summed E-state index contributed by atoms with van der Waals surface area (Å²) >= 11 is 0. The van der Waals surface area contributed by atoms with Gasteiger partial charge in [0.05, 0.1) is 12.2 Å². The first kappa shape index (κ1) is 11.3. The van der Waals surface area contributed by atoms with Crippen LogP contribution in [-0.2, 0) is 13.0 Å². The van der Waals surface area contributed by atoms with Gasteiger partial charge in [-0.15, -0.1) is 5.10 Å². The molecule has 0 saturated heterocycles. The Morgan fingerprint density at radius 3 is 2.50 bits per heavy atom. The number of aryl methyl sites for hydroxylation is 1. The monoisotopic (exact) mass is 242 g/mol. The Balaban J connectivity index is 1.83. The molecule has 1 aromatic carbocycles.